The summed E-state index contributed by atoms with van der Waals surface area (Å²) >= 11 is 5.93. The normalized spacial score (nSPS) is 15.6. The van der Waals surface area contributed by atoms with Crippen LogP contribution in [-0.2, 0) is 0 Å². The van der Waals surface area contributed by atoms with Crippen LogP contribution in [0.2, 0.25) is 0 Å². The molecule has 1 aliphatic heterocycles. The minimum atomic E-state index is -0.434. The summed E-state index contributed by atoms with van der Waals surface area (Å²) in [7, 11) is 0. The number of carbonyl (C=O) groups is 2. The Morgan fingerprint density at radius 3 is 2.25 bits per heavy atom. The zero-order chi connectivity index (χ0) is 14.1. The van der Waals surface area contributed by atoms with Gasteiger partial charge in [-0.15, -0.1) is 0 Å². The molecule has 0 bridgehead atoms. The first-order chi connectivity index (χ1) is 9.68. The fourth-order valence-electron chi connectivity index (χ4n) is 2.02. The first-order valence-corrected chi connectivity index (χ1v) is 6.30. The highest BCUT2D eigenvalue weighted by Gasteiger charge is 2.33. The van der Waals surface area contributed by atoms with Gasteiger partial charge < -0.3 is 0 Å². The summed E-state index contributed by atoms with van der Waals surface area (Å²) in [5.41, 5.74) is 1.46. The van der Waals surface area contributed by atoms with E-state index < -0.39 is 5.91 Å². The Hall–Kier alpha value is -2.46. The second kappa shape index (κ2) is 4.90. The molecule has 0 fully saturated rings. The topological polar surface area (TPSA) is 49.7 Å². The van der Waals surface area contributed by atoms with Gasteiger partial charge in [-0.05, 0) is 18.2 Å². The van der Waals surface area contributed by atoms with Crippen molar-refractivity contribution in [2.45, 2.75) is 0 Å². The number of amides is 2. The van der Waals surface area contributed by atoms with E-state index in [1.165, 1.54) is 0 Å². The highest BCUT2D eigenvalue weighted by molar-refractivity contribution is 6.41. The molecule has 2 aromatic rings. The first kappa shape index (κ1) is 12.6. The van der Waals surface area contributed by atoms with Crippen molar-refractivity contribution >= 4 is 29.4 Å². The fourth-order valence-corrected chi connectivity index (χ4v) is 2.24. The number of rotatable bonds is 1. The lowest BCUT2D eigenvalue weighted by molar-refractivity contribution is 0.0923. The van der Waals surface area contributed by atoms with Gasteiger partial charge in [0, 0.05) is 22.9 Å². The smallest absolute Gasteiger partial charge is 0.267 e. The molecule has 0 unspecified atom stereocenters. The number of nitrogens with zero attached hydrogens (tertiary/aromatic N) is 2. The van der Waals surface area contributed by atoms with Crippen LogP contribution in [0.5, 0.6) is 0 Å². The molecule has 1 heterocycles. The highest BCUT2D eigenvalue weighted by Crippen LogP contribution is 2.25. The molecule has 2 amide bonds. The Morgan fingerprint density at radius 1 is 0.950 bits per heavy atom. The van der Waals surface area contributed by atoms with Crippen molar-refractivity contribution < 1.29 is 9.59 Å². The Bertz CT molecular complexity index is 726. The summed E-state index contributed by atoms with van der Waals surface area (Å²) in [5, 5.41) is 0. The first-order valence-electron chi connectivity index (χ1n) is 5.96. The monoisotopic (exact) mass is 284 g/mol. The minimum absolute atomic E-state index is 0.168. The van der Waals surface area contributed by atoms with E-state index in [1.807, 2.05) is 6.07 Å². The molecule has 0 aliphatic carbocycles. The van der Waals surface area contributed by atoms with Crippen LogP contribution in [0.15, 0.2) is 59.6 Å². The lowest BCUT2D eigenvalue weighted by Crippen LogP contribution is -2.20. The molecule has 0 atom stereocenters. The molecule has 98 valence electrons. The third kappa shape index (κ3) is 2.00. The number of hydrogen-bond acceptors (Lipinski definition) is 2. The average Bonchev–Trinajstić information content (AvgIpc) is 2.74. The van der Waals surface area contributed by atoms with Crippen LogP contribution in [0.1, 0.15) is 26.3 Å². The molecule has 0 saturated carbocycles. The molecule has 1 aliphatic rings. The van der Waals surface area contributed by atoms with Gasteiger partial charge in [0.2, 0.25) is 0 Å². The van der Waals surface area contributed by atoms with Crippen molar-refractivity contribution in [2.75, 3.05) is 0 Å². The van der Waals surface area contributed by atoms with Crippen LogP contribution < -0.4 is 0 Å². The number of benzene rings is 2. The summed E-state index contributed by atoms with van der Waals surface area (Å²) in [6.07, 6.45) is 0. The molecule has 3 rings (SSSR count). The van der Waals surface area contributed by atoms with E-state index in [-0.39, 0.29) is 11.7 Å². The van der Waals surface area contributed by atoms with E-state index in [0.717, 1.165) is 4.42 Å². The van der Waals surface area contributed by atoms with Gasteiger partial charge in [0.25, 0.3) is 11.8 Å². The molecular formula is C15H9ClN2O2. The maximum atomic E-state index is 12.1. The number of fused-ring (bicyclic) bond motifs is 1. The lowest BCUT2D eigenvalue weighted by atomic mass is 10.1. The predicted molar refractivity (Wildman–Crippen MR) is 75.8 cm³/mol. The van der Waals surface area contributed by atoms with Gasteiger partial charge in [0.15, 0.2) is 5.84 Å². The van der Waals surface area contributed by atoms with E-state index in [2.05, 4.69) is 4.99 Å². The fraction of sp³-hybridized carbons (Fsp3) is 0. The average molecular weight is 285 g/mol. The molecule has 0 saturated heterocycles. The minimum Gasteiger partial charge on any atom is -0.267 e. The van der Waals surface area contributed by atoms with Gasteiger partial charge in [0.05, 0.1) is 5.56 Å². The third-order valence-corrected chi connectivity index (χ3v) is 3.30. The van der Waals surface area contributed by atoms with Gasteiger partial charge in [-0.25, -0.2) is 0 Å². The maximum absolute atomic E-state index is 12.1. The second-order valence-electron chi connectivity index (χ2n) is 4.24. The quantitative estimate of drug-likeness (QED) is 0.756. The van der Waals surface area contributed by atoms with Crippen molar-refractivity contribution in [1.29, 1.82) is 0 Å². The Labute approximate surface area is 120 Å². The molecule has 0 spiro atoms. The molecule has 0 aromatic heterocycles. The number of halogens is 1. The molecule has 2 aromatic carbocycles. The zero-order valence-corrected chi connectivity index (χ0v) is 11.0. The zero-order valence-electron chi connectivity index (χ0n) is 10.3. The van der Waals surface area contributed by atoms with Crippen molar-refractivity contribution in [3.05, 3.63) is 71.3 Å². The Morgan fingerprint density at radius 2 is 1.55 bits per heavy atom. The predicted octanol–water partition coefficient (Wildman–Crippen LogP) is 2.88. The number of aliphatic imine (C=N–C) groups is 1. The van der Waals surface area contributed by atoms with Crippen LogP contribution in [-0.4, -0.2) is 22.1 Å². The van der Waals surface area contributed by atoms with Gasteiger partial charge in [-0.1, -0.05) is 36.4 Å². The molecule has 20 heavy (non-hydrogen) atoms. The van der Waals surface area contributed by atoms with Crippen molar-refractivity contribution in [2.24, 2.45) is 4.99 Å². The van der Waals surface area contributed by atoms with E-state index in [9.17, 15) is 9.59 Å². The second-order valence-corrected chi connectivity index (χ2v) is 4.58. The molecular weight excluding hydrogens is 276 g/mol. The van der Waals surface area contributed by atoms with Crippen molar-refractivity contribution in [3.8, 4) is 0 Å². The maximum Gasteiger partial charge on any atom is 0.279 e. The molecule has 0 N–H and O–H groups in total. The van der Waals surface area contributed by atoms with E-state index in [1.54, 1.807) is 48.5 Å². The van der Waals surface area contributed by atoms with Gasteiger partial charge in [-0.3, -0.25) is 9.59 Å². The highest BCUT2D eigenvalue weighted by atomic mass is 35.5. The molecule has 0 radical (unpaired) electrons. The summed E-state index contributed by atoms with van der Waals surface area (Å²) in [4.78, 5) is 28.0. The van der Waals surface area contributed by atoms with Crippen LogP contribution in [0.3, 0.4) is 0 Å². The summed E-state index contributed by atoms with van der Waals surface area (Å²) in [6.45, 7) is 0. The van der Waals surface area contributed by atoms with Crippen molar-refractivity contribution in [1.82, 2.24) is 4.42 Å². The van der Waals surface area contributed by atoms with E-state index >= 15 is 0 Å². The summed E-state index contributed by atoms with van der Waals surface area (Å²) < 4.78 is 0.880. The van der Waals surface area contributed by atoms with E-state index in [4.69, 9.17) is 11.8 Å². The van der Waals surface area contributed by atoms with Crippen LogP contribution in [0.25, 0.3) is 0 Å². The van der Waals surface area contributed by atoms with Gasteiger partial charge in [0.1, 0.15) is 0 Å². The van der Waals surface area contributed by atoms with Crippen molar-refractivity contribution in [3.63, 3.8) is 0 Å². The Kier molecular flexibility index (Phi) is 3.08. The summed E-state index contributed by atoms with van der Waals surface area (Å²) in [6, 6.07) is 15.5. The van der Waals surface area contributed by atoms with Crippen LogP contribution in [0.4, 0.5) is 0 Å². The molecule has 5 heteroatoms. The van der Waals surface area contributed by atoms with Gasteiger partial charge in [-0.2, -0.15) is 9.41 Å². The van der Waals surface area contributed by atoms with E-state index in [0.29, 0.717) is 16.7 Å². The third-order valence-electron chi connectivity index (χ3n) is 2.99. The lowest BCUT2D eigenvalue weighted by Gasteiger charge is -2.05. The Balaban J connectivity index is 2.04. The standard InChI is InChI=1S/C15H9ClN2O2/c16-18-13(11-8-4-5-9-12(11)15(18)20)17-14(19)10-6-2-1-3-7-10/h1-9H. The largest absolute Gasteiger partial charge is 0.279 e. The number of amidine groups is 1. The van der Waals surface area contributed by atoms with Crippen LogP contribution in [0, 0.1) is 0 Å². The SMILES string of the molecule is O=C(N=C1c2ccccc2C(=O)N1Cl)c1ccccc1. The molecule has 4 nitrogen and oxygen atoms in total. The van der Waals surface area contributed by atoms with Gasteiger partial charge >= 0.3 is 0 Å². The number of hydrogen-bond donors (Lipinski definition) is 0. The number of carbonyl (C=O) groups excluding carboxylic acids is 2. The van der Waals surface area contributed by atoms with Crippen LogP contribution >= 0.6 is 11.8 Å². The summed E-state index contributed by atoms with van der Waals surface area (Å²) in [5.74, 6) is -0.640.